The van der Waals surface area contributed by atoms with Gasteiger partial charge < -0.3 is 9.47 Å². The van der Waals surface area contributed by atoms with Gasteiger partial charge in [0.15, 0.2) is 4.80 Å². The highest BCUT2D eigenvalue weighted by Gasteiger charge is 2.34. The van der Waals surface area contributed by atoms with Crippen molar-refractivity contribution in [1.82, 2.24) is 4.57 Å². The zero-order valence-corrected chi connectivity index (χ0v) is 24.6. The lowest BCUT2D eigenvalue weighted by atomic mass is 9.94. The van der Waals surface area contributed by atoms with E-state index in [2.05, 4.69) is 4.99 Å². The van der Waals surface area contributed by atoms with Gasteiger partial charge in [0.1, 0.15) is 12.4 Å². The van der Waals surface area contributed by atoms with Crippen LogP contribution in [0.2, 0.25) is 5.02 Å². The minimum absolute atomic E-state index is 0.107. The SMILES string of the molecule is CCOC(=O)C1=C(C)N=c2s/c(=C/c3ccc(OCc4ccccc4Cl)cc3)c(=O)n2[C@@H]1c1ccc(C)c([N+](=O)[O-])c1. The Labute approximate surface area is 249 Å². The smallest absolute Gasteiger partial charge is 0.338 e. The molecule has 0 saturated carbocycles. The van der Waals surface area contributed by atoms with E-state index in [-0.39, 0.29) is 23.4 Å². The molecule has 1 aliphatic rings. The number of nitro benzene ring substituents is 1. The zero-order chi connectivity index (χ0) is 30.0. The first kappa shape index (κ1) is 29.0. The fraction of sp³-hybridized carbons (Fsp3) is 0.194. The molecule has 5 rings (SSSR count). The molecule has 214 valence electrons. The molecule has 0 saturated heterocycles. The molecule has 0 unspecified atom stereocenters. The standard InChI is InChI=1S/C31H26ClN3O6S/c1-4-40-30(37)27-19(3)33-31-34(28(27)21-12-9-18(2)25(16-21)35(38)39)29(36)26(42-31)15-20-10-13-23(14-11-20)41-17-22-7-5-6-8-24(22)32/h5-16,28H,4,17H2,1-3H3/b26-15+/t28-/m1/s1. The van der Waals surface area contributed by atoms with E-state index in [0.29, 0.717) is 43.5 Å². The van der Waals surface area contributed by atoms with Gasteiger partial charge in [0.05, 0.1) is 33.4 Å². The van der Waals surface area contributed by atoms with Crippen molar-refractivity contribution in [3.05, 3.63) is 135 Å². The van der Waals surface area contributed by atoms with E-state index >= 15 is 0 Å². The number of allylic oxidation sites excluding steroid dienone is 1. The maximum absolute atomic E-state index is 13.8. The highest BCUT2D eigenvalue weighted by atomic mass is 35.5. The Morgan fingerprint density at radius 1 is 1.14 bits per heavy atom. The lowest BCUT2D eigenvalue weighted by Gasteiger charge is -2.24. The van der Waals surface area contributed by atoms with Gasteiger partial charge in [-0.05, 0) is 56.2 Å². The quantitative estimate of drug-likeness (QED) is 0.154. The van der Waals surface area contributed by atoms with E-state index in [1.54, 1.807) is 57.2 Å². The van der Waals surface area contributed by atoms with Gasteiger partial charge >= 0.3 is 5.97 Å². The Hall–Kier alpha value is -4.54. The number of carbonyl (C=O) groups is 1. The van der Waals surface area contributed by atoms with Crippen molar-refractivity contribution in [2.45, 2.75) is 33.4 Å². The fourth-order valence-electron chi connectivity index (χ4n) is 4.69. The van der Waals surface area contributed by atoms with Crippen LogP contribution < -0.4 is 19.6 Å². The van der Waals surface area contributed by atoms with Crippen molar-refractivity contribution in [2.75, 3.05) is 6.61 Å². The third-order valence-corrected chi connectivity index (χ3v) is 8.14. The molecule has 0 radical (unpaired) electrons. The summed E-state index contributed by atoms with van der Waals surface area (Å²) in [4.78, 5) is 43.1. The second-order valence-corrected chi connectivity index (χ2v) is 11.0. The molecule has 4 aromatic rings. The number of ether oxygens (including phenoxy) is 2. The number of aromatic nitrogens is 1. The van der Waals surface area contributed by atoms with Crippen molar-refractivity contribution >= 4 is 40.7 Å². The van der Waals surface area contributed by atoms with Gasteiger partial charge in [0.25, 0.3) is 11.2 Å². The van der Waals surface area contributed by atoms with Crippen molar-refractivity contribution < 1.29 is 19.2 Å². The van der Waals surface area contributed by atoms with E-state index in [0.717, 1.165) is 11.1 Å². The topological polar surface area (TPSA) is 113 Å². The highest BCUT2D eigenvalue weighted by Crippen LogP contribution is 2.33. The Kier molecular flexibility index (Phi) is 8.37. The zero-order valence-electron chi connectivity index (χ0n) is 23.0. The normalized spacial score (nSPS) is 14.8. The third-order valence-electron chi connectivity index (χ3n) is 6.79. The van der Waals surface area contributed by atoms with Crippen LogP contribution in [0.5, 0.6) is 5.75 Å². The number of thiazole rings is 1. The van der Waals surface area contributed by atoms with Crippen LogP contribution in [0.1, 0.15) is 42.1 Å². The molecule has 0 amide bonds. The Bertz CT molecular complexity index is 1910. The summed E-state index contributed by atoms with van der Waals surface area (Å²) in [7, 11) is 0. The second kappa shape index (κ2) is 12.1. The predicted octanol–water partition coefficient (Wildman–Crippen LogP) is 5.25. The van der Waals surface area contributed by atoms with Crippen LogP contribution in [0.25, 0.3) is 6.08 Å². The van der Waals surface area contributed by atoms with Crippen molar-refractivity contribution in [3.63, 3.8) is 0 Å². The molecule has 0 aliphatic carbocycles. The van der Waals surface area contributed by atoms with Gasteiger partial charge in [0, 0.05) is 22.2 Å². The van der Waals surface area contributed by atoms with E-state index < -0.39 is 16.9 Å². The fourth-order valence-corrected chi connectivity index (χ4v) is 5.93. The van der Waals surface area contributed by atoms with E-state index in [9.17, 15) is 19.7 Å². The largest absolute Gasteiger partial charge is 0.489 e. The molecule has 0 bridgehead atoms. The summed E-state index contributed by atoms with van der Waals surface area (Å²) in [5.41, 5.74) is 2.57. The average molecular weight is 604 g/mol. The van der Waals surface area contributed by atoms with Crippen LogP contribution >= 0.6 is 22.9 Å². The van der Waals surface area contributed by atoms with Gasteiger partial charge in [-0.3, -0.25) is 19.5 Å². The van der Waals surface area contributed by atoms with E-state index in [1.165, 1.54) is 22.0 Å². The number of fused-ring (bicyclic) bond motifs is 1. The molecule has 2 heterocycles. The number of hydrogen-bond acceptors (Lipinski definition) is 8. The number of esters is 1. The molecule has 0 spiro atoms. The minimum atomic E-state index is -0.942. The summed E-state index contributed by atoms with van der Waals surface area (Å²) in [5.74, 6) is 0.0119. The summed E-state index contributed by atoms with van der Waals surface area (Å²) in [6.07, 6.45) is 1.74. The minimum Gasteiger partial charge on any atom is -0.489 e. The summed E-state index contributed by atoms with van der Waals surface area (Å²) >= 11 is 7.39. The maximum atomic E-state index is 13.8. The number of aryl methyl sites for hydroxylation is 1. The lowest BCUT2D eigenvalue weighted by Crippen LogP contribution is -2.40. The molecule has 3 aromatic carbocycles. The van der Waals surface area contributed by atoms with Gasteiger partial charge in [-0.15, -0.1) is 0 Å². The Morgan fingerprint density at radius 3 is 2.57 bits per heavy atom. The molecule has 0 N–H and O–H groups in total. The predicted molar refractivity (Wildman–Crippen MR) is 160 cm³/mol. The number of benzene rings is 3. The molecule has 1 aliphatic heterocycles. The Balaban J connectivity index is 1.54. The van der Waals surface area contributed by atoms with Crippen LogP contribution in [0.4, 0.5) is 5.69 Å². The van der Waals surface area contributed by atoms with Gasteiger partial charge in [-0.1, -0.05) is 65.4 Å². The number of halogens is 1. The Morgan fingerprint density at radius 2 is 1.88 bits per heavy atom. The van der Waals surface area contributed by atoms with Gasteiger partial charge in [-0.25, -0.2) is 9.79 Å². The molecule has 42 heavy (non-hydrogen) atoms. The third kappa shape index (κ3) is 5.77. The molecular weight excluding hydrogens is 578 g/mol. The number of hydrogen-bond donors (Lipinski definition) is 0. The van der Waals surface area contributed by atoms with Crippen molar-refractivity contribution in [3.8, 4) is 5.75 Å². The number of rotatable bonds is 8. The first-order chi connectivity index (χ1) is 20.2. The molecule has 1 aromatic heterocycles. The van der Waals surface area contributed by atoms with Crippen LogP contribution in [0, 0.1) is 17.0 Å². The molecule has 11 heteroatoms. The maximum Gasteiger partial charge on any atom is 0.338 e. The number of nitro groups is 1. The summed E-state index contributed by atoms with van der Waals surface area (Å²) in [5, 5.41) is 12.3. The molecular formula is C31H26ClN3O6S. The summed E-state index contributed by atoms with van der Waals surface area (Å²) in [6.45, 7) is 5.42. The monoisotopic (exact) mass is 603 g/mol. The number of carbonyl (C=O) groups excluding carboxylic acids is 1. The average Bonchev–Trinajstić information content (AvgIpc) is 3.26. The second-order valence-electron chi connectivity index (χ2n) is 9.55. The van der Waals surface area contributed by atoms with Crippen LogP contribution in [0.15, 0.2) is 87.8 Å². The molecule has 0 fully saturated rings. The summed E-state index contributed by atoms with van der Waals surface area (Å²) < 4.78 is 13.0. The van der Waals surface area contributed by atoms with Crippen molar-refractivity contribution in [1.29, 1.82) is 0 Å². The molecule has 1 atom stereocenters. The lowest BCUT2D eigenvalue weighted by molar-refractivity contribution is -0.385. The van der Waals surface area contributed by atoms with Crippen molar-refractivity contribution in [2.24, 2.45) is 4.99 Å². The molecule has 9 nitrogen and oxygen atoms in total. The highest BCUT2D eigenvalue weighted by molar-refractivity contribution is 7.07. The van der Waals surface area contributed by atoms with E-state index in [4.69, 9.17) is 21.1 Å². The first-order valence-electron chi connectivity index (χ1n) is 13.1. The first-order valence-corrected chi connectivity index (χ1v) is 14.3. The van der Waals surface area contributed by atoms with Gasteiger partial charge in [-0.2, -0.15) is 0 Å². The van der Waals surface area contributed by atoms with Crippen LogP contribution in [-0.4, -0.2) is 22.1 Å². The van der Waals surface area contributed by atoms with Crippen LogP contribution in [-0.2, 0) is 16.1 Å². The number of nitrogens with zero attached hydrogens (tertiary/aromatic N) is 3. The van der Waals surface area contributed by atoms with E-state index in [1.807, 2.05) is 30.3 Å². The summed E-state index contributed by atoms with van der Waals surface area (Å²) in [6, 6.07) is 18.5. The van der Waals surface area contributed by atoms with Gasteiger partial charge in [0.2, 0.25) is 0 Å². The van der Waals surface area contributed by atoms with Crippen LogP contribution in [0.3, 0.4) is 0 Å².